The summed E-state index contributed by atoms with van der Waals surface area (Å²) in [6, 6.07) is 9.90. The van der Waals surface area contributed by atoms with Gasteiger partial charge in [0.1, 0.15) is 5.58 Å². The summed E-state index contributed by atoms with van der Waals surface area (Å²) in [6.45, 7) is 1.31. The molecule has 3 heteroatoms. The molecule has 0 bridgehead atoms. The van der Waals surface area contributed by atoms with Gasteiger partial charge in [-0.3, -0.25) is 4.79 Å². The fraction of sp³-hybridized carbons (Fsp3) is 0.100. The van der Waals surface area contributed by atoms with Gasteiger partial charge in [0.25, 0.3) is 0 Å². The van der Waals surface area contributed by atoms with Crippen LogP contribution in [-0.4, -0.2) is 5.91 Å². The molecule has 0 atom stereocenters. The summed E-state index contributed by atoms with van der Waals surface area (Å²) in [6.07, 6.45) is 1.70. The molecule has 1 aromatic heterocycles. The Morgan fingerprint density at radius 3 is 2.54 bits per heavy atom. The van der Waals surface area contributed by atoms with Crippen molar-refractivity contribution >= 4 is 16.9 Å². The van der Waals surface area contributed by atoms with Crippen molar-refractivity contribution in [2.24, 2.45) is 5.73 Å². The van der Waals surface area contributed by atoms with Crippen LogP contribution in [-0.2, 0) is 4.79 Å². The quantitative estimate of drug-likeness (QED) is 0.668. The highest BCUT2D eigenvalue weighted by Gasteiger charge is 1.89. The van der Waals surface area contributed by atoms with E-state index in [0.717, 1.165) is 11.0 Å². The van der Waals surface area contributed by atoms with Crippen LogP contribution in [0.5, 0.6) is 0 Å². The summed E-state index contributed by atoms with van der Waals surface area (Å²) in [4.78, 5) is 9.22. The summed E-state index contributed by atoms with van der Waals surface area (Å²) in [5.41, 5.74) is 5.43. The van der Waals surface area contributed by atoms with E-state index in [2.05, 4.69) is 5.73 Å². The summed E-state index contributed by atoms with van der Waals surface area (Å²) < 4.78 is 5.12. The minimum atomic E-state index is -0.333. The Morgan fingerprint density at radius 1 is 1.31 bits per heavy atom. The van der Waals surface area contributed by atoms with Gasteiger partial charge in [0.15, 0.2) is 0 Å². The standard InChI is InChI=1S/C8H6O.C2H5NO/c1-2-4-8-7(3-1)5-6-9-8;1-2(3)4/h1-6H;1H3,(H2,3,4). The predicted octanol–water partition coefficient (Wildman–Crippen LogP) is 1.92. The number of hydrogen-bond acceptors (Lipinski definition) is 2. The molecule has 13 heavy (non-hydrogen) atoms. The molecule has 1 aromatic carbocycles. The van der Waals surface area contributed by atoms with E-state index in [9.17, 15) is 4.79 Å². The number of furan rings is 1. The lowest BCUT2D eigenvalue weighted by molar-refractivity contribution is -0.115. The fourth-order valence-electron chi connectivity index (χ4n) is 0.906. The number of para-hydroxylation sites is 1. The molecule has 0 fully saturated rings. The molecule has 0 radical (unpaired) electrons. The van der Waals surface area contributed by atoms with Crippen molar-refractivity contribution < 1.29 is 9.21 Å². The van der Waals surface area contributed by atoms with Gasteiger partial charge in [-0.15, -0.1) is 0 Å². The van der Waals surface area contributed by atoms with Crippen LogP contribution in [0.25, 0.3) is 11.0 Å². The van der Waals surface area contributed by atoms with Crippen molar-refractivity contribution in [3.05, 3.63) is 36.6 Å². The molecule has 0 aliphatic rings. The van der Waals surface area contributed by atoms with Gasteiger partial charge in [0, 0.05) is 12.3 Å². The molecule has 1 amide bonds. The Bertz CT molecular complexity index is 358. The van der Waals surface area contributed by atoms with Crippen LogP contribution in [0, 0.1) is 0 Å². The number of amides is 1. The highest BCUT2D eigenvalue weighted by Crippen LogP contribution is 2.12. The number of carbonyl (C=O) groups excluding carboxylic acids is 1. The molecular formula is C10H11NO2. The third kappa shape index (κ3) is 2.99. The van der Waals surface area contributed by atoms with Crippen molar-refractivity contribution in [3.63, 3.8) is 0 Å². The maximum atomic E-state index is 9.22. The molecule has 2 aromatic rings. The molecule has 0 saturated carbocycles. The van der Waals surface area contributed by atoms with E-state index in [-0.39, 0.29) is 5.91 Å². The second-order valence-electron chi connectivity index (χ2n) is 2.57. The zero-order valence-corrected chi connectivity index (χ0v) is 7.36. The first-order valence-electron chi connectivity index (χ1n) is 3.88. The Morgan fingerprint density at radius 2 is 1.92 bits per heavy atom. The van der Waals surface area contributed by atoms with E-state index in [0.29, 0.717) is 0 Å². The van der Waals surface area contributed by atoms with Crippen LogP contribution in [0.15, 0.2) is 41.0 Å². The lowest BCUT2D eigenvalue weighted by Crippen LogP contribution is -2.01. The van der Waals surface area contributed by atoms with E-state index in [1.165, 1.54) is 6.92 Å². The van der Waals surface area contributed by atoms with E-state index in [1.54, 1.807) is 6.26 Å². The normalized spacial score (nSPS) is 9.00. The molecule has 0 aliphatic carbocycles. The Hall–Kier alpha value is -1.77. The minimum Gasteiger partial charge on any atom is -0.464 e. The maximum absolute atomic E-state index is 9.22. The van der Waals surface area contributed by atoms with Crippen molar-refractivity contribution in [2.45, 2.75) is 6.92 Å². The van der Waals surface area contributed by atoms with Crippen LogP contribution in [0.3, 0.4) is 0 Å². The SMILES string of the molecule is CC(N)=O.c1ccc2occc2c1. The molecular weight excluding hydrogens is 166 g/mol. The average Bonchev–Trinajstić information content (AvgIpc) is 2.49. The number of nitrogens with two attached hydrogens (primary N) is 1. The van der Waals surface area contributed by atoms with Crippen molar-refractivity contribution in [1.82, 2.24) is 0 Å². The highest BCUT2D eigenvalue weighted by atomic mass is 16.3. The topological polar surface area (TPSA) is 56.2 Å². The summed E-state index contributed by atoms with van der Waals surface area (Å²) in [5, 5.41) is 1.16. The van der Waals surface area contributed by atoms with Gasteiger partial charge in [0.05, 0.1) is 6.26 Å². The fourth-order valence-corrected chi connectivity index (χ4v) is 0.906. The number of rotatable bonds is 0. The van der Waals surface area contributed by atoms with Crippen LogP contribution in [0.1, 0.15) is 6.92 Å². The second kappa shape index (κ2) is 4.30. The van der Waals surface area contributed by atoms with Gasteiger partial charge in [-0.2, -0.15) is 0 Å². The van der Waals surface area contributed by atoms with Gasteiger partial charge < -0.3 is 10.2 Å². The molecule has 0 spiro atoms. The molecule has 3 nitrogen and oxygen atoms in total. The monoisotopic (exact) mass is 177 g/mol. The Labute approximate surface area is 76.1 Å². The zero-order valence-electron chi connectivity index (χ0n) is 7.36. The molecule has 2 N–H and O–H groups in total. The highest BCUT2D eigenvalue weighted by molar-refractivity contribution is 5.76. The van der Waals surface area contributed by atoms with E-state index in [1.807, 2.05) is 30.3 Å². The summed E-state index contributed by atoms with van der Waals surface area (Å²) in [5.74, 6) is -0.333. The molecule has 68 valence electrons. The van der Waals surface area contributed by atoms with Crippen LogP contribution >= 0.6 is 0 Å². The van der Waals surface area contributed by atoms with E-state index in [4.69, 9.17) is 4.42 Å². The first-order chi connectivity index (χ1) is 6.20. The van der Waals surface area contributed by atoms with Crippen molar-refractivity contribution in [2.75, 3.05) is 0 Å². The Balaban J connectivity index is 0.000000184. The van der Waals surface area contributed by atoms with E-state index < -0.39 is 0 Å². The average molecular weight is 177 g/mol. The first-order valence-corrected chi connectivity index (χ1v) is 3.88. The van der Waals surface area contributed by atoms with Gasteiger partial charge in [-0.05, 0) is 12.1 Å². The number of carbonyl (C=O) groups is 1. The van der Waals surface area contributed by atoms with Crippen molar-refractivity contribution in [3.8, 4) is 0 Å². The predicted molar refractivity (Wildman–Crippen MR) is 51.1 cm³/mol. The smallest absolute Gasteiger partial charge is 0.214 e. The Kier molecular flexibility index (Phi) is 3.09. The van der Waals surface area contributed by atoms with Gasteiger partial charge >= 0.3 is 0 Å². The number of fused-ring (bicyclic) bond motifs is 1. The van der Waals surface area contributed by atoms with E-state index >= 15 is 0 Å². The lowest BCUT2D eigenvalue weighted by atomic mass is 10.3. The molecule has 2 rings (SSSR count). The number of primary amides is 1. The second-order valence-corrected chi connectivity index (χ2v) is 2.57. The van der Waals surface area contributed by atoms with Crippen LogP contribution in [0.2, 0.25) is 0 Å². The van der Waals surface area contributed by atoms with Gasteiger partial charge in [0.2, 0.25) is 5.91 Å². The largest absolute Gasteiger partial charge is 0.464 e. The summed E-state index contributed by atoms with van der Waals surface area (Å²) >= 11 is 0. The van der Waals surface area contributed by atoms with Gasteiger partial charge in [-0.25, -0.2) is 0 Å². The zero-order chi connectivity index (χ0) is 9.68. The number of hydrogen-bond donors (Lipinski definition) is 1. The minimum absolute atomic E-state index is 0.333. The number of benzene rings is 1. The molecule has 0 aliphatic heterocycles. The molecule has 0 unspecified atom stereocenters. The lowest BCUT2D eigenvalue weighted by Gasteiger charge is -1.81. The summed E-state index contributed by atoms with van der Waals surface area (Å²) in [7, 11) is 0. The first kappa shape index (κ1) is 9.32. The van der Waals surface area contributed by atoms with Crippen LogP contribution < -0.4 is 5.73 Å². The molecule has 1 heterocycles. The molecule has 0 saturated heterocycles. The maximum Gasteiger partial charge on any atom is 0.214 e. The third-order valence-corrected chi connectivity index (χ3v) is 1.36. The third-order valence-electron chi connectivity index (χ3n) is 1.36. The van der Waals surface area contributed by atoms with Crippen LogP contribution in [0.4, 0.5) is 0 Å². The van der Waals surface area contributed by atoms with Crippen molar-refractivity contribution in [1.29, 1.82) is 0 Å². The van der Waals surface area contributed by atoms with Gasteiger partial charge in [-0.1, -0.05) is 18.2 Å².